The Bertz CT molecular complexity index is 413. The predicted octanol–water partition coefficient (Wildman–Crippen LogP) is 1.60. The minimum atomic E-state index is -0.820. The topological polar surface area (TPSA) is 78.4 Å². The summed E-state index contributed by atoms with van der Waals surface area (Å²) in [6.07, 6.45) is 5.88. The van der Waals surface area contributed by atoms with Crippen LogP contribution in [-0.2, 0) is 4.79 Å². The highest BCUT2D eigenvalue weighted by Gasteiger charge is 2.16. The number of piperidine rings is 1. The maximum Gasteiger partial charge on any atom is 0.305 e. The van der Waals surface area contributed by atoms with Gasteiger partial charge in [-0.25, -0.2) is 9.97 Å². The second kappa shape index (κ2) is 6.36. The van der Waals surface area contributed by atoms with Crippen molar-refractivity contribution in [1.29, 1.82) is 0 Å². The summed E-state index contributed by atoms with van der Waals surface area (Å²) in [5.41, 5.74) is 0. The van der Waals surface area contributed by atoms with E-state index in [1.807, 2.05) is 0 Å². The molecular formula is C13H20N4O2. The van der Waals surface area contributed by atoms with Gasteiger partial charge in [0.15, 0.2) is 0 Å². The second-order valence-electron chi connectivity index (χ2n) is 5.00. The molecule has 1 fully saturated rings. The average molecular weight is 264 g/mol. The van der Waals surface area contributed by atoms with Gasteiger partial charge in [0.25, 0.3) is 0 Å². The molecule has 2 N–H and O–H groups in total. The number of hydrogen-bond acceptors (Lipinski definition) is 5. The Morgan fingerprint density at radius 3 is 2.74 bits per heavy atom. The molecule has 1 saturated heterocycles. The van der Waals surface area contributed by atoms with Crippen LogP contribution < -0.4 is 10.2 Å². The van der Waals surface area contributed by atoms with Gasteiger partial charge in [-0.3, -0.25) is 4.79 Å². The van der Waals surface area contributed by atoms with Gasteiger partial charge in [0.2, 0.25) is 0 Å². The van der Waals surface area contributed by atoms with E-state index in [0.717, 1.165) is 24.8 Å². The number of aliphatic carboxylic acids is 1. The third-order valence-corrected chi connectivity index (χ3v) is 3.39. The molecule has 0 atom stereocenters. The number of carboxylic acids is 1. The van der Waals surface area contributed by atoms with Gasteiger partial charge in [0, 0.05) is 19.6 Å². The van der Waals surface area contributed by atoms with Gasteiger partial charge >= 0.3 is 5.97 Å². The van der Waals surface area contributed by atoms with E-state index in [2.05, 4.69) is 27.1 Å². The van der Waals surface area contributed by atoms with Crippen LogP contribution in [0.15, 0.2) is 12.4 Å². The van der Waals surface area contributed by atoms with Gasteiger partial charge < -0.3 is 15.3 Å². The lowest BCUT2D eigenvalue weighted by molar-refractivity contribution is -0.136. The first kappa shape index (κ1) is 13.6. The van der Waals surface area contributed by atoms with Crippen LogP contribution in [0.1, 0.15) is 26.2 Å². The standard InChI is InChI=1S/C13H20N4O2/c1-10-3-6-17(7-4-10)12-9-15-11(8-16-12)14-5-2-13(18)19/h8-10H,2-7H2,1H3,(H,14,15)(H,18,19). The second-order valence-corrected chi connectivity index (χ2v) is 5.00. The fourth-order valence-electron chi connectivity index (χ4n) is 2.11. The number of anilines is 2. The van der Waals surface area contributed by atoms with Crippen LogP contribution in [0.4, 0.5) is 11.6 Å². The average Bonchev–Trinajstić information content (AvgIpc) is 2.40. The highest BCUT2D eigenvalue weighted by atomic mass is 16.4. The molecule has 1 aromatic heterocycles. The first-order chi connectivity index (χ1) is 9.15. The molecule has 1 aliphatic rings. The van der Waals surface area contributed by atoms with Gasteiger partial charge in [-0.15, -0.1) is 0 Å². The molecule has 0 spiro atoms. The number of carboxylic acid groups (broad SMARTS) is 1. The van der Waals surface area contributed by atoms with E-state index in [0.29, 0.717) is 12.4 Å². The van der Waals surface area contributed by atoms with Gasteiger partial charge in [0.05, 0.1) is 18.8 Å². The summed E-state index contributed by atoms with van der Waals surface area (Å²) in [4.78, 5) is 21.3. The summed E-state index contributed by atoms with van der Waals surface area (Å²) in [6, 6.07) is 0. The van der Waals surface area contributed by atoms with Crippen molar-refractivity contribution < 1.29 is 9.90 Å². The Labute approximate surface area is 112 Å². The van der Waals surface area contributed by atoms with Crippen molar-refractivity contribution in [2.75, 3.05) is 29.9 Å². The zero-order valence-corrected chi connectivity index (χ0v) is 11.2. The van der Waals surface area contributed by atoms with E-state index in [-0.39, 0.29) is 6.42 Å². The molecule has 1 aromatic rings. The quantitative estimate of drug-likeness (QED) is 0.841. The molecule has 0 aliphatic carbocycles. The molecule has 19 heavy (non-hydrogen) atoms. The molecule has 2 rings (SSSR count). The Morgan fingerprint density at radius 1 is 1.42 bits per heavy atom. The molecule has 6 nitrogen and oxygen atoms in total. The number of hydrogen-bond donors (Lipinski definition) is 2. The molecule has 1 aliphatic heterocycles. The van der Waals surface area contributed by atoms with Gasteiger partial charge in [-0.2, -0.15) is 0 Å². The smallest absolute Gasteiger partial charge is 0.305 e. The van der Waals surface area contributed by atoms with Crippen LogP contribution in [0, 0.1) is 5.92 Å². The highest BCUT2D eigenvalue weighted by Crippen LogP contribution is 2.20. The number of carbonyl (C=O) groups is 1. The number of aromatic nitrogens is 2. The Balaban J connectivity index is 1.85. The van der Waals surface area contributed by atoms with Crippen LogP contribution in [0.25, 0.3) is 0 Å². The van der Waals surface area contributed by atoms with Crippen LogP contribution in [0.2, 0.25) is 0 Å². The van der Waals surface area contributed by atoms with E-state index in [4.69, 9.17) is 5.11 Å². The summed E-state index contributed by atoms with van der Waals surface area (Å²) in [5, 5.41) is 11.5. The fraction of sp³-hybridized carbons (Fsp3) is 0.615. The van der Waals surface area contributed by atoms with Crippen molar-refractivity contribution in [1.82, 2.24) is 9.97 Å². The zero-order valence-electron chi connectivity index (χ0n) is 11.2. The van der Waals surface area contributed by atoms with E-state index >= 15 is 0 Å². The van der Waals surface area contributed by atoms with E-state index in [1.54, 1.807) is 12.4 Å². The Morgan fingerprint density at radius 2 is 2.16 bits per heavy atom. The summed E-state index contributed by atoms with van der Waals surface area (Å²) in [5.74, 6) is 1.49. The maximum absolute atomic E-state index is 10.4. The van der Waals surface area contributed by atoms with Crippen molar-refractivity contribution in [2.24, 2.45) is 5.92 Å². The summed E-state index contributed by atoms with van der Waals surface area (Å²) in [7, 11) is 0. The molecule has 0 radical (unpaired) electrons. The summed E-state index contributed by atoms with van der Waals surface area (Å²) >= 11 is 0. The Kier molecular flexibility index (Phi) is 4.54. The maximum atomic E-state index is 10.4. The van der Waals surface area contributed by atoms with Crippen LogP contribution >= 0.6 is 0 Å². The van der Waals surface area contributed by atoms with E-state index in [1.165, 1.54) is 12.8 Å². The van der Waals surface area contributed by atoms with Crippen LogP contribution in [-0.4, -0.2) is 40.7 Å². The number of nitrogens with zero attached hydrogens (tertiary/aromatic N) is 3. The predicted molar refractivity (Wildman–Crippen MR) is 73.4 cm³/mol. The van der Waals surface area contributed by atoms with Crippen LogP contribution in [0.3, 0.4) is 0 Å². The molecule has 0 bridgehead atoms. The largest absolute Gasteiger partial charge is 0.481 e. The van der Waals surface area contributed by atoms with Crippen molar-refractivity contribution >= 4 is 17.6 Å². The minimum Gasteiger partial charge on any atom is -0.481 e. The third kappa shape index (κ3) is 4.08. The van der Waals surface area contributed by atoms with Crippen LogP contribution in [0.5, 0.6) is 0 Å². The van der Waals surface area contributed by atoms with Gasteiger partial charge in [-0.05, 0) is 18.8 Å². The normalized spacial score (nSPS) is 16.4. The molecule has 0 aromatic carbocycles. The van der Waals surface area contributed by atoms with Crippen molar-refractivity contribution in [3.63, 3.8) is 0 Å². The molecule has 0 unspecified atom stereocenters. The summed E-state index contributed by atoms with van der Waals surface area (Å²) < 4.78 is 0. The van der Waals surface area contributed by atoms with Crippen molar-refractivity contribution in [2.45, 2.75) is 26.2 Å². The fourth-order valence-corrected chi connectivity index (χ4v) is 2.11. The summed E-state index contributed by atoms with van der Waals surface area (Å²) in [6.45, 7) is 4.70. The first-order valence-corrected chi connectivity index (χ1v) is 6.68. The Hall–Kier alpha value is -1.85. The molecular weight excluding hydrogens is 244 g/mol. The highest BCUT2D eigenvalue weighted by molar-refractivity contribution is 5.67. The first-order valence-electron chi connectivity index (χ1n) is 6.68. The molecule has 104 valence electrons. The van der Waals surface area contributed by atoms with Gasteiger partial charge in [-0.1, -0.05) is 6.92 Å². The minimum absolute atomic E-state index is 0.0768. The molecule has 6 heteroatoms. The lowest BCUT2D eigenvalue weighted by atomic mass is 9.99. The van der Waals surface area contributed by atoms with Gasteiger partial charge in [0.1, 0.15) is 11.6 Å². The lowest BCUT2D eigenvalue weighted by Crippen LogP contribution is -2.33. The molecule has 0 amide bonds. The molecule has 0 saturated carbocycles. The van der Waals surface area contributed by atoms with Crippen molar-refractivity contribution in [3.8, 4) is 0 Å². The van der Waals surface area contributed by atoms with E-state index in [9.17, 15) is 4.79 Å². The lowest BCUT2D eigenvalue weighted by Gasteiger charge is -2.30. The van der Waals surface area contributed by atoms with Crippen molar-refractivity contribution in [3.05, 3.63) is 12.4 Å². The SMILES string of the molecule is CC1CCN(c2cnc(NCCC(=O)O)cn2)CC1. The third-order valence-electron chi connectivity index (χ3n) is 3.39. The number of nitrogens with one attached hydrogen (secondary N) is 1. The molecule has 2 heterocycles. The zero-order chi connectivity index (χ0) is 13.7. The van der Waals surface area contributed by atoms with E-state index < -0.39 is 5.97 Å². The number of rotatable bonds is 5. The monoisotopic (exact) mass is 264 g/mol.